The van der Waals surface area contributed by atoms with Crippen molar-refractivity contribution in [3.63, 3.8) is 0 Å². The average Bonchev–Trinajstić information content (AvgIpc) is 1.61. The van der Waals surface area contributed by atoms with E-state index in [0.29, 0.717) is 36.8 Å². The van der Waals surface area contributed by atoms with Gasteiger partial charge in [0.1, 0.15) is 35.1 Å². The Kier molecular flexibility index (Phi) is 31.2. The van der Waals surface area contributed by atoms with Crippen LogP contribution in [0.1, 0.15) is 235 Å². The van der Waals surface area contributed by atoms with Crippen molar-refractivity contribution in [3.8, 4) is 22.1 Å². The number of alkyl halides is 2. The van der Waals surface area contributed by atoms with Crippen LogP contribution in [0, 0.1) is 27.1 Å². The van der Waals surface area contributed by atoms with E-state index in [1.54, 1.807) is 37.3 Å². The molecule has 2 heterocycles. The van der Waals surface area contributed by atoms with Gasteiger partial charge in [0, 0.05) is 39.6 Å². The van der Waals surface area contributed by atoms with E-state index in [2.05, 4.69) is 110 Å². The molecule has 20 heteroatoms. The number of benzene rings is 6. The van der Waals surface area contributed by atoms with Gasteiger partial charge in [-0.15, -0.1) is 0 Å². The molecular formula is C85H112F2O16S2. The minimum absolute atomic E-state index is 0.00702. The first-order chi connectivity index (χ1) is 49.0. The molecule has 3 aliphatic rings. The van der Waals surface area contributed by atoms with Gasteiger partial charge < -0.3 is 38.1 Å². The Labute approximate surface area is 624 Å². The summed E-state index contributed by atoms with van der Waals surface area (Å²) in [6, 6.07) is 47.8. The first kappa shape index (κ1) is 87.6. The fourth-order valence-electron chi connectivity index (χ4n) is 10.8. The third kappa shape index (κ3) is 24.0. The van der Waals surface area contributed by atoms with Gasteiger partial charge in [0.25, 0.3) is 0 Å². The van der Waals surface area contributed by atoms with Crippen LogP contribution in [0.5, 0.6) is 17.2 Å². The Bertz CT molecular complexity index is 4080. The number of fused-ring (bicyclic) bond motifs is 5. The lowest BCUT2D eigenvalue weighted by Gasteiger charge is -2.37. The van der Waals surface area contributed by atoms with Crippen molar-refractivity contribution in [3.05, 3.63) is 168 Å². The summed E-state index contributed by atoms with van der Waals surface area (Å²) in [7, 11) is -5.80. The first-order valence-corrected chi connectivity index (χ1v) is 39.2. The molecule has 0 amide bonds. The van der Waals surface area contributed by atoms with Crippen molar-refractivity contribution in [2.75, 3.05) is 0 Å². The van der Waals surface area contributed by atoms with Crippen molar-refractivity contribution in [1.29, 1.82) is 0 Å². The van der Waals surface area contributed by atoms with Crippen LogP contribution < -0.4 is 9.47 Å². The number of rotatable bonds is 19. The number of cyclic esters (lactones) is 1. The minimum Gasteiger partial charge on any atom is -0.743 e. The summed E-state index contributed by atoms with van der Waals surface area (Å²) in [5, 5.41) is 7.21. The van der Waals surface area contributed by atoms with E-state index < -0.39 is 49.1 Å². The Morgan fingerprint density at radius 2 is 0.933 bits per heavy atom. The second kappa shape index (κ2) is 37.5. The predicted octanol–water partition coefficient (Wildman–Crippen LogP) is 21.0. The highest BCUT2D eigenvalue weighted by Crippen LogP contribution is 2.48. The molecule has 1 atom stereocenters. The van der Waals surface area contributed by atoms with Gasteiger partial charge in [0.2, 0.25) is 0 Å². The number of carbonyl (C=O) groups excluding carboxylic acids is 6. The van der Waals surface area contributed by atoms with E-state index >= 15 is 0 Å². The van der Waals surface area contributed by atoms with Gasteiger partial charge in [0.15, 0.2) is 30.5 Å². The molecular weight excluding hydrogens is 1380 g/mol. The summed E-state index contributed by atoms with van der Waals surface area (Å²) in [6.07, 6.45) is 12.1. The maximum atomic E-state index is 13.0. The number of ether oxygens (including phenoxy) is 6. The fourth-order valence-corrected chi connectivity index (χ4v) is 13.6. The lowest BCUT2D eigenvalue weighted by Crippen LogP contribution is -2.44. The molecule has 1 aliphatic heterocycles. The first-order valence-electron chi connectivity index (χ1n) is 36.6. The van der Waals surface area contributed by atoms with E-state index in [1.165, 1.54) is 94.3 Å². The van der Waals surface area contributed by atoms with E-state index in [9.17, 15) is 50.5 Å². The highest BCUT2D eigenvalue weighted by molar-refractivity contribution is 7.86. The second-order valence-corrected chi connectivity index (χ2v) is 34.1. The molecule has 105 heavy (non-hydrogen) atoms. The van der Waals surface area contributed by atoms with Crippen molar-refractivity contribution in [1.82, 2.24) is 0 Å². The Hall–Kier alpha value is -8.07. The molecule has 2 aliphatic carbocycles. The van der Waals surface area contributed by atoms with Crippen LogP contribution in [-0.2, 0) is 72.5 Å². The van der Waals surface area contributed by atoms with E-state index in [4.69, 9.17) is 28.8 Å². The van der Waals surface area contributed by atoms with E-state index in [1.807, 2.05) is 95.2 Å². The van der Waals surface area contributed by atoms with Crippen LogP contribution in [0.25, 0.3) is 25.1 Å². The van der Waals surface area contributed by atoms with Crippen LogP contribution in [0.15, 0.2) is 146 Å². The largest absolute Gasteiger partial charge is 0.743 e. The number of phenolic OH excluding ortho intramolecular Hbond substituents is 1. The summed E-state index contributed by atoms with van der Waals surface area (Å²) in [5.41, 5.74) is 0.646. The molecule has 6 aromatic carbocycles. The maximum Gasteiger partial charge on any atom is 0.369 e. The summed E-state index contributed by atoms with van der Waals surface area (Å²) >= 11 is 0. The summed E-state index contributed by atoms with van der Waals surface area (Å²) in [5.74, 6) is -0.839. The zero-order valence-electron chi connectivity index (χ0n) is 64.9. The molecule has 1 fully saturated rings. The minimum atomic E-state index is -5.86. The SMILES string of the molecule is CCC(C)(C)C(=O)OC(C)C(F)(F)S(=O)(=O)[O-].CCC(C)(C)C(=O)OC1(C)Cc2ccccc2C1.CCC(C)(C)C(=O)Oc1ccc(O)cc1.CCC(C)(C)C(=O)Oc1ccc2c(c1)COC2=O.CCC1(OC(=O)C(C)(C)CC)CCCCCCC1.c1ccc(-[s+]2c3ccccc3c3ccccc32)cc1. The topological polar surface area (TPSA) is 235 Å². The predicted molar refractivity (Wildman–Crippen MR) is 411 cm³/mol. The van der Waals surface area contributed by atoms with Crippen molar-refractivity contribution in [2.24, 2.45) is 27.1 Å². The van der Waals surface area contributed by atoms with Crippen molar-refractivity contribution < 1.29 is 84.0 Å². The quantitative estimate of drug-likeness (QED) is 0.0260. The number of hydrogen-bond acceptors (Lipinski definition) is 16. The Morgan fingerprint density at radius 3 is 1.39 bits per heavy atom. The van der Waals surface area contributed by atoms with Gasteiger partial charge in [-0.3, -0.25) is 24.0 Å². The van der Waals surface area contributed by atoms with Crippen molar-refractivity contribution >= 4 is 76.6 Å². The number of esters is 6. The van der Waals surface area contributed by atoms with E-state index in [0.717, 1.165) is 56.9 Å². The zero-order chi connectivity index (χ0) is 78.6. The van der Waals surface area contributed by atoms with Gasteiger partial charge in [-0.25, -0.2) is 13.2 Å². The van der Waals surface area contributed by atoms with Crippen LogP contribution in [0.2, 0.25) is 0 Å². The van der Waals surface area contributed by atoms with Gasteiger partial charge in [0.05, 0.1) is 32.6 Å². The lowest BCUT2D eigenvalue weighted by molar-refractivity contribution is -0.174. The van der Waals surface area contributed by atoms with Gasteiger partial charge in [-0.2, -0.15) is 8.78 Å². The highest BCUT2D eigenvalue weighted by atomic mass is 32.2. The fraction of sp³-hybridized carbons (Fsp3) is 0.506. The molecule has 0 spiro atoms. The Balaban J connectivity index is 0.000000227. The number of aromatic hydroxyl groups is 1. The van der Waals surface area contributed by atoms with Gasteiger partial charge >= 0.3 is 41.1 Å². The number of phenols is 1. The molecule has 1 aromatic heterocycles. The standard InChI is InChI=1S/C18H13S.C16H22O2.C16H30O2.C14H16O4.C12H16O3.C9H16F2O5S/c1-2-8-14(9-3-1)19-17-12-6-4-10-15(17)16-11-5-7-13-18(16)19;1-5-15(2,3)14(17)18-16(4)10-12-8-6-7-9-13(12)11-16;1-5-15(3,4)14(17)18-16(6-2)12-10-8-7-9-11-13-16;1-4-14(2,3)13(16)18-10-5-6-11-9(7-10)8-17-12(11)15;1-4-12(2,3)11(14)15-10-7-5-9(13)6-8-10;1-5-8(3,4)7(12)16-6(2)9(10,11)17(13,14)15/h1-13H;6-9H,5,10-11H2,1-4H3;5-13H2,1-4H3;5-7H,4,8H2,1-3H3;5-8,13H,4H2,1-3H3;6H,5H2,1-4H3,(H,13,14,15)/q+1;;;;;/p-1. The molecule has 0 radical (unpaired) electrons. The van der Waals surface area contributed by atoms with Crippen LogP contribution in [0.3, 0.4) is 0 Å². The van der Waals surface area contributed by atoms with Gasteiger partial charge in [-0.1, -0.05) is 128 Å². The van der Waals surface area contributed by atoms with E-state index in [-0.39, 0.29) is 69.3 Å². The van der Waals surface area contributed by atoms with Crippen LogP contribution >= 0.6 is 10.5 Å². The second-order valence-electron chi connectivity index (χ2n) is 30.7. The molecule has 7 aromatic rings. The van der Waals surface area contributed by atoms with Crippen molar-refractivity contribution in [2.45, 2.75) is 250 Å². The highest BCUT2D eigenvalue weighted by Gasteiger charge is 2.48. The molecule has 574 valence electrons. The molecule has 16 nitrogen and oxygen atoms in total. The molecule has 1 unspecified atom stereocenters. The number of hydrogen-bond donors (Lipinski definition) is 1. The Morgan fingerprint density at radius 1 is 0.533 bits per heavy atom. The third-order valence-electron chi connectivity index (χ3n) is 20.5. The zero-order valence-corrected chi connectivity index (χ0v) is 66.5. The maximum absolute atomic E-state index is 13.0. The molecule has 1 N–H and O–H groups in total. The lowest BCUT2D eigenvalue weighted by atomic mass is 9.83. The number of carbonyl (C=O) groups is 6. The number of halogens is 2. The van der Waals surface area contributed by atoms with Crippen LogP contribution in [-0.4, -0.2) is 76.5 Å². The molecule has 10 rings (SSSR count). The summed E-state index contributed by atoms with van der Waals surface area (Å²) < 4.78 is 91.3. The summed E-state index contributed by atoms with van der Waals surface area (Å²) in [6.45, 7) is 32.9. The number of thiophene rings is 1. The monoisotopic (exact) mass is 1490 g/mol. The average molecular weight is 1490 g/mol. The smallest absolute Gasteiger partial charge is 0.369 e. The third-order valence-corrected chi connectivity index (χ3v) is 23.8. The molecule has 1 saturated carbocycles. The van der Waals surface area contributed by atoms with Gasteiger partial charge in [-0.05, 0) is 237 Å². The summed E-state index contributed by atoms with van der Waals surface area (Å²) in [4.78, 5) is 72.2. The molecule has 0 saturated heterocycles. The normalized spacial score (nSPS) is 15.1. The van der Waals surface area contributed by atoms with Crippen LogP contribution in [0.4, 0.5) is 8.78 Å². The molecule has 0 bridgehead atoms.